The second-order valence-corrected chi connectivity index (χ2v) is 39.4. The van der Waals surface area contributed by atoms with Crippen molar-refractivity contribution in [2.24, 2.45) is 176 Å². The highest BCUT2D eigenvalue weighted by molar-refractivity contribution is 4.87. The Morgan fingerprint density at radius 1 is 0.348 bits per heavy atom. The highest BCUT2D eigenvalue weighted by atomic mass is 14.4. The maximum atomic E-state index is 2.39. The van der Waals surface area contributed by atoms with Crippen LogP contribution in [-0.4, -0.2) is 0 Å². The molecule has 0 amide bonds. The molecule has 0 aromatic carbocycles. The normalized spacial score (nSPS) is 41.2. The first-order valence-electron chi connectivity index (χ1n) is 41.1. The first-order valence-corrected chi connectivity index (χ1v) is 41.1. The molecule has 13 unspecified atom stereocenters. The smallest absolute Gasteiger partial charge is 0.0329 e. The fourth-order valence-corrected chi connectivity index (χ4v) is 18.3. The molecule has 89 heavy (non-hydrogen) atoms. The van der Waals surface area contributed by atoms with Gasteiger partial charge in [0, 0.05) is 0 Å². The summed E-state index contributed by atoms with van der Waals surface area (Å²) in [7, 11) is 0. The number of hydrogen-bond donors (Lipinski definition) is 0. The van der Waals surface area contributed by atoms with Gasteiger partial charge in [-0.3, -0.25) is 0 Å². The van der Waals surface area contributed by atoms with Crippen molar-refractivity contribution < 1.29 is 0 Å². The molecule has 11 fully saturated rings. The van der Waals surface area contributed by atoms with E-state index >= 15 is 0 Å². The molecule has 0 heterocycles. The van der Waals surface area contributed by atoms with Crippen molar-refractivity contribution in [1.29, 1.82) is 0 Å². The number of rotatable bonds is 4. The quantitative estimate of drug-likeness (QED) is 0.263. The highest BCUT2D eigenvalue weighted by Crippen LogP contribution is 2.46. The Morgan fingerprint density at radius 3 is 0.831 bits per heavy atom. The summed E-state index contributed by atoms with van der Waals surface area (Å²) in [6.45, 7) is 77.9. The van der Waals surface area contributed by atoms with Crippen molar-refractivity contribution in [3.63, 3.8) is 0 Å². The van der Waals surface area contributed by atoms with E-state index in [0.29, 0.717) is 16.2 Å². The van der Waals surface area contributed by atoms with Crippen molar-refractivity contribution in [3.8, 4) is 0 Å². The Hall–Kier alpha value is 0. The molecular formula is C89H178. The third-order valence-electron chi connectivity index (χ3n) is 29.2. The molecule has 11 aliphatic carbocycles. The van der Waals surface area contributed by atoms with Gasteiger partial charge < -0.3 is 0 Å². The van der Waals surface area contributed by atoms with Crippen LogP contribution in [0.25, 0.3) is 0 Å². The van der Waals surface area contributed by atoms with Gasteiger partial charge in [-0.1, -0.05) is 312 Å². The van der Waals surface area contributed by atoms with Crippen LogP contribution < -0.4 is 0 Å². The van der Waals surface area contributed by atoms with E-state index in [0.717, 1.165) is 160 Å². The Morgan fingerprint density at radius 2 is 0.708 bits per heavy atom. The van der Waals surface area contributed by atoms with Gasteiger partial charge >= 0.3 is 0 Å². The molecular weight excluding hydrogens is 1070 g/mol. The van der Waals surface area contributed by atoms with E-state index in [1.54, 1.807) is 0 Å². The van der Waals surface area contributed by atoms with Crippen LogP contribution in [0.4, 0.5) is 0 Å². The van der Waals surface area contributed by atoms with Crippen LogP contribution in [0, 0.1) is 176 Å². The maximum Gasteiger partial charge on any atom is -0.0329 e. The van der Waals surface area contributed by atoms with Crippen molar-refractivity contribution in [3.05, 3.63) is 0 Å². The zero-order valence-electron chi connectivity index (χ0n) is 68.5. The summed E-state index contributed by atoms with van der Waals surface area (Å²) in [5.41, 5.74) is 1.91. The minimum atomic E-state index is 0.595. The first-order chi connectivity index (χ1) is 41.1. The summed E-state index contributed by atoms with van der Waals surface area (Å²) in [6, 6.07) is 0. The molecule has 11 aliphatic rings. The van der Waals surface area contributed by atoms with Gasteiger partial charge in [0.25, 0.3) is 0 Å². The van der Waals surface area contributed by atoms with Crippen molar-refractivity contribution in [2.75, 3.05) is 0 Å². The lowest BCUT2D eigenvalue weighted by molar-refractivity contribution is 0.0302. The lowest BCUT2D eigenvalue weighted by Gasteiger charge is -2.45. The third kappa shape index (κ3) is 33.2. The summed E-state index contributed by atoms with van der Waals surface area (Å²) in [5, 5.41) is 0. The standard InChI is InChI=1S/C9H18.10C8H16/c1-4-8(3)9-5-7(2)6-9;2*1-6-4-7(2)8(3)5-6;1-6(2)8-4-7(3)5-8;1-7-4-5-8(2,3)6-7;1-8(2,3)7-5-4-6-7;1-7-5-4-6-8(7,2)3;2*1-6-4-5-7(2)8(6)3;1-5-6(2)8(4)7(5)3;1-3-8-6-4-5-7(8)2/h7-9H,4-6H2,1-3H3;3*6-8H,4-5H2,1-3H3;3*7H,4-6H2,1-3H3;2*6-8H,4-5H2,1-3H3;5-8H,1-4H3;7-8H,3-6H2,1-2H3/t;6?,7-,8?;;;;;;;;;/m.0........./s1. The Bertz CT molecular complexity index is 1570. The molecule has 0 aromatic heterocycles. The van der Waals surface area contributed by atoms with Crippen LogP contribution in [0.15, 0.2) is 0 Å². The van der Waals surface area contributed by atoms with Crippen LogP contribution in [-0.2, 0) is 0 Å². The van der Waals surface area contributed by atoms with Crippen LogP contribution in [0.5, 0.6) is 0 Å². The molecule has 14 atom stereocenters. The zero-order valence-corrected chi connectivity index (χ0v) is 68.5. The minimum Gasteiger partial charge on any atom is -0.0651 e. The Balaban J connectivity index is 0.000000490. The molecule has 534 valence electrons. The molecule has 0 heteroatoms. The Labute approximate surface area is 568 Å². The van der Waals surface area contributed by atoms with E-state index < -0.39 is 0 Å². The summed E-state index contributed by atoms with van der Waals surface area (Å²) < 4.78 is 0. The second kappa shape index (κ2) is 42.6. The summed E-state index contributed by atoms with van der Waals surface area (Å²) in [5.74, 6) is 27.0. The van der Waals surface area contributed by atoms with Crippen LogP contribution in [0.3, 0.4) is 0 Å². The minimum absolute atomic E-state index is 0.595. The van der Waals surface area contributed by atoms with Crippen LogP contribution in [0.1, 0.15) is 395 Å². The van der Waals surface area contributed by atoms with Crippen molar-refractivity contribution >= 4 is 0 Å². The molecule has 0 radical (unpaired) electrons. The molecule has 11 rings (SSSR count). The predicted octanol–water partition coefficient (Wildman–Crippen LogP) is 30.4. The van der Waals surface area contributed by atoms with Crippen molar-refractivity contribution in [2.45, 2.75) is 395 Å². The van der Waals surface area contributed by atoms with Gasteiger partial charge in [-0.05, 0) is 259 Å². The van der Waals surface area contributed by atoms with Crippen molar-refractivity contribution in [1.82, 2.24) is 0 Å². The van der Waals surface area contributed by atoms with E-state index in [4.69, 9.17) is 0 Å². The average Bonchev–Trinajstić information content (AvgIpc) is 3.12. The first kappa shape index (κ1) is 87.0. The van der Waals surface area contributed by atoms with E-state index in [9.17, 15) is 0 Å². The van der Waals surface area contributed by atoms with Crippen LogP contribution in [0.2, 0.25) is 0 Å². The van der Waals surface area contributed by atoms with E-state index in [1.165, 1.54) is 167 Å². The van der Waals surface area contributed by atoms with Gasteiger partial charge in [0.15, 0.2) is 0 Å². The summed E-state index contributed by atoms with van der Waals surface area (Å²) in [4.78, 5) is 0. The molecule has 0 saturated heterocycles. The zero-order chi connectivity index (χ0) is 68.5. The maximum absolute atomic E-state index is 2.39. The highest BCUT2D eigenvalue weighted by Gasteiger charge is 2.38. The SMILES string of the molecule is CC(C)(C)C1CCC1.CC1C(C)C(C)C1C.CC1CC(C(C)C)C1.CC1CC(C)C(C)C1.CC1CC(C)[C@@H](C)C1.CC1CCC(C)(C)C1.CC1CCC(C)C1C.CC1CCC(C)C1C.CC1CCCC1(C)C.CCC(C)C1CC(C)C1.CCC1CCCC1C. The molecule has 0 aliphatic heterocycles. The second-order valence-electron chi connectivity index (χ2n) is 39.4. The monoisotopic (exact) mass is 1250 g/mol. The van der Waals surface area contributed by atoms with Gasteiger partial charge in [-0.15, -0.1) is 0 Å². The van der Waals surface area contributed by atoms with E-state index in [1.807, 2.05) is 0 Å². The molecule has 0 N–H and O–H groups in total. The summed E-state index contributed by atoms with van der Waals surface area (Å²) in [6.07, 6.45) is 38.0. The molecule has 0 bridgehead atoms. The van der Waals surface area contributed by atoms with Gasteiger partial charge in [0.1, 0.15) is 0 Å². The fourth-order valence-electron chi connectivity index (χ4n) is 18.3. The van der Waals surface area contributed by atoms with Crippen LogP contribution >= 0.6 is 0 Å². The molecule has 0 nitrogen and oxygen atoms in total. The van der Waals surface area contributed by atoms with E-state index in [-0.39, 0.29) is 0 Å². The summed E-state index contributed by atoms with van der Waals surface area (Å²) >= 11 is 0. The molecule has 0 spiro atoms. The lowest BCUT2D eigenvalue weighted by atomic mass is 9.60. The Kier molecular flexibility index (Phi) is 41.7. The topological polar surface area (TPSA) is 0 Å². The van der Waals surface area contributed by atoms with Gasteiger partial charge in [-0.25, -0.2) is 0 Å². The van der Waals surface area contributed by atoms with Gasteiger partial charge in [0.05, 0.1) is 0 Å². The molecule has 0 aromatic rings. The van der Waals surface area contributed by atoms with E-state index in [2.05, 4.69) is 228 Å². The predicted molar refractivity (Wildman–Crippen MR) is 409 cm³/mol. The fraction of sp³-hybridized carbons (Fsp3) is 1.00. The lowest BCUT2D eigenvalue weighted by Crippen LogP contribution is -2.39. The van der Waals surface area contributed by atoms with Gasteiger partial charge in [-0.2, -0.15) is 0 Å². The van der Waals surface area contributed by atoms with Gasteiger partial charge in [0.2, 0.25) is 0 Å². The molecule has 11 saturated carbocycles. The largest absolute Gasteiger partial charge is 0.0651 e. The average molecular weight is 1250 g/mol. The third-order valence-corrected chi connectivity index (χ3v) is 29.2. The number of hydrogen-bond acceptors (Lipinski definition) is 0.